The van der Waals surface area contributed by atoms with Gasteiger partial charge in [0.15, 0.2) is 0 Å². The SMILES string of the molecule is CC(C)Oc1ccc(CNC(=O)CN(c2ccc(OC(C)C)cc2)S(C)(=O)=O)cc1. The van der Waals surface area contributed by atoms with Gasteiger partial charge in [-0.2, -0.15) is 0 Å². The van der Waals surface area contributed by atoms with Crippen LogP contribution in [-0.2, 0) is 21.4 Å². The first-order chi connectivity index (χ1) is 14.0. The van der Waals surface area contributed by atoms with Crippen LogP contribution in [0.1, 0.15) is 33.3 Å². The Morgan fingerprint density at radius 2 is 1.37 bits per heavy atom. The number of rotatable bonds is 10. The number of nitrogens with one attached hydrogen (secondary N) is 1. The number of nitrogens with zero attached hydrogens (tertiary/aromatic N) is 1. The van der Waals surface area contributed by atoms with Crippen molar-refractivity contribution in [2.75, 3.05) is 17.1 Å². The zero-order chi connectivity index (χ0) is 22.3. The first-order valence-electron chi connectivity index (χ1n) is 9.81. The van der Waals surface area contributed by atoms with Crippen LogP contribution in [0.3, 0.4) is 0 Å². The predicted octanol–water partition coefficient (Wildman–Crippen LogP) is 3.34. The van der Waals surface area contributed by atoms with Gasteiger partial charge in [0.2, 0.25) is 15.9 Å². The lowest BCUT2D eigenvalue weighted by atomic mass is 10.2. The first kappa shape index (κ1) is 23.5. The molecule has 0 aliphatic rings. The number of benzene rings is 2. The fourth-order valence-corrected chi connectivity index (χ4v) is 3.56. The fraction of sp³-hybridized carbons (Fsp3) is 0.409. The fourth-order valence-electron chi connectivity index (χ4n) is 2.71. The Labute approximate surface area is 179 Å². The van der Waals surface area contributed by atoms with Gasteiger partial charge in [-0.05, 0) is 69.7 Å². The van der Waals surface area contributed by atoms with Gasteiger partial charge in [0, 0.05) is 6.54 Å². The summed E-state index contributed by atoms with van der Waals surface area (Å²) < 4.78 is 36.7. The van der Waals surface area contributed by atoms with Gasteiger partial charge in [-0.1, -0.05) is 12.1 Å². The smallest absolute Gasteiger partial charge is 0.241 e. The van der Waals surface area contributed by atoms with Crippen molar-refractivity contribution in [2.45, 2.75) is 46.4 Å². The lowest BCUT2D eigenvalue weighted by Gasteiger charge is -2.22. The number of carbonyl (C=O) groups excluding carboxylic acids is 1. The highest BCUT2D eigenvalue weighted by Gasteiger charge is 2.21. The predicted molar refractivity (Wildman–Crippen MR) is 118 cm³/mol. The van der Waals surface area contributed by atoms with Crippen molar-refractivity contribution in [1.82, 2.24) is 5.32 Å². The molecule has 0 saturated carbocycles. The lowest BCUT2D eigenvalue weighted by molar-refractivity contribution is -0.119. The summed E-state index contributed by atoms with van der Waals surface area (Å²) in [5.74, 6) is 0.996. The molecule has 0 aliphatic heterocycles. The van der Waals surface area contributed by atoms with Crippen molar-refractivity contribution in [3.63, 3.8) is 0 Å². The van der Waals surface area contributed by atoms with E-state index >= 15 is 0 Å². The summed E-state index contributed by atoms with van der Waals surface area (Å²) in [7, 11) is -3.63. The molecule has 0 heterocycles. The summed E-state index contributed by atoms with van der Waals surface area (Å²) in [4.78, 5) is 12.4. The Morgan fingerprint density at radius 3 is 1.80 bits per heavy atom. The van der Waals surface area contributed by atoms with Crippen LogP contribution in [-0.4, -0.2) is 39.3 Å². The molecule has 1 N–H and O–H groups in total. The van der Waals surface area contributed by atoms with Crippen LogP contribution in [0, 0.1) is 0 Å². The maximum atomic E-state index is 12.4. The van der Waals surface area contributed by atoms with E-state index in [1.807, 2.05) is 52.0 Å². The van der Waals surface area contributed by atoms with E-state index in [2.05, 4.69) is 5.32 Å². The number of anilines is 1. The van der Waals surface area contributed by atoms with Gasteiger partial charge in [0.05, 0.1) is 24.2 Å². The van der Waals surface area contributed by atoms with E-state index in [1.165, 1.54) is 0 Å². The van der Waals surface area contributed by atoms with Crippen LogP contribution < -0.4 is 19.1 Å². The van der Waals surface area contributed by atoms with E-state index in [0.29, 0.717) is 18.0 Å². The monoisotopic (exact) mass is 434 g/mol. The molecule has 1 amide bonds. The molecule has 0 atom stereocenters. The van der Waals surface area contributed by atoms with Crippen LogP contribution in [0.15, 0.2) is 48.5 Å². The van der Waals surface area contributed by atoms with Crippen molar-refractivity contribution in [3.05, 3.63) is 54.1 Å². The minimum absolute atomic E-state index is 0.0126. The van der Waals surface area contributed by atoms with Crippen molar-refractivity contribution in [1.29, 1.82) is 0 Å². The summed E-state index contributed by atoms with van der Waals surface area (Å²) in [6.07, 6.45) is 1.17. The van der Waals surface area contributed by atoms with E-state index in [1.54, 1.807) is 24.3 Å². The molecular formula is C22H30N2O5S. The van der Waals surface area contributed by atoms with E-state index in [-0.39, 0.29) is 18.8 Å². The molecule has 0 aliphatic carbocycles. The molecule has 0 spiro atoms. The van der Waals surface area contributed by atoms with Crippen LogP contribution in [0.4, 0.5) is 5.69 Å². The highest BCUT2D eigenvalue weighted by molar-refractivity contribution is 7.92. The van der Waals surface area contributed by atoms with Crippen LogP contribution in [0.2, 0.25) is 0 Å². The highest BCUT2D eigenvalue weighted by Crippen LogP contribution is 2.22. The summed E-state index contributed by atoms with van der Waals surface area (Å²) in [5.41, 5.74) is 1.29. The Hall–Kier alpha value is -2.74. The average Bonchev–Trinajstić information content (AvgIpc) is 2.64. The zero-order valence-corrected chi connectivity index (χ0v) is 18.9. The molecule has 0 fully saturated rings. The topological polar surface area (TPSA) is 84.9 Å². The van der Waals surface area contributed by atoms with E-state index < -0.39 is 15.9 Å². The molecule has 2 aromatic rings. The summed E-state index contributed by atoms with van der Waals surface area (Å²) >= 11 is 0. The van der Waals surface area contributed by atoms with Crippen LogP contribution in [0.5, 0.6) is 11.5 Å². The van der Waals surface area contributed by atoms with Gasteiger partial charge in [-0.3, -0.25) is 9.10 Å². The highest BCUT2D eigenvalue weighted by atomic mass is 32.2. The van der Waals surface area contributed by atoms with Crippen molar-refractivity contribution in [3.8, 4) is 11.5 Å². The lowest BCUT2D eigenvalue weighted by Crippen LogP contribution is -2.40. The van der Waals surface area contributed by atoms with Gasteiger partial charge in [0.25, 0.3) is 0 Å². The quantitative estimate of drug-likeness (QED) is 0.620. The molecule has 8 heteroatoms. The molecule has 0 unspecified atom stereocenters. The normalized spacial score (nSPS) is 11.4. The number of sulfonamides is 1. The second-order valence-corrected chi connectivity index (χ2v) is 9.42. The third kappa shape index (κ3) is 7.59. The zero-order valence-electron chi connectivity index (χ0n) is 18.1. The van der Waals surface area contributed by atoms with Crippen molar-refractivity contribution in [2.24, 2.45) is 0 Å². The maximum absolute atomic E-state index is 12.4. The number of amides is 1. The van der Waals surface area contributed by atoms with Crippen LogP contribution in [0.25, 0.3) is 0 Å². The maximum Gasteiger partial charge on any atom is 0.241 e. The second kappa shape index (κ2) is 10.3. The van der Waals surface area contributed by atoms with Crippen molar-refractivity contribution >= 4 is 21.6 Å². The molecule has 0 aromatic heterocycles. The van der Waals surface area contributed by atoms with Gasteiger partial charge in [-0.25, -0.2) is 8.42 Å². The van der Waals surface area contributed by atoms with Gasteiger partial charge in [0.1, 0.15) is 18.0 Å². The van der Waals surface area contributed by atoms with Crippen LogP contribution >= 0.6 is 0 Å². The molecule has 164 valence electrons. The molecule has 0 bridgehead atoms. The number of carbonyl (C=O) groups is 1. The number of hydrogen-bond donors (Lipinski definition) is 1. The summed E-state index contributed by atoms with van der Waals surface area (Å²) in [6.45, 7) is 7.70. The second-order valence-electron chi connectivity index (χ2n) is 7.52. The van der Waals surface area contributed by atoms with E-state index in [4.69, 9.17) is 9.47 Å². The number of hydrogen-bond acceptors (Lipinski definition) is 5. The summed E-state index contributed by atoms with van der Waals surface area (Å²) in [5, 5.41) is 2.76. The Kier molecular flexibility index (Phi) is 8.11. The molecular weight excluding hydrogens is 404 g/mol. The van der Waals surface area contributed by atoms with Gasteiger partial charge in [-0.15, -0.1) is 0 Å². The third-order valence-corrected chi connectivity index (χ3v) is 5.11. The Bertz CT molecular complexity index is 923. The van der Waals surface area contributed by atoms with Crippen molar-refractivity contribution < 1.29 is 22.7 Å². The third-order valence-electron chi connectivity index (χ3n) is 3.97. The minimum Gasteiger partial charge on any atom is -0.491 e. The number of ether oxygens (including phenoxy) is 2. The minimum atomic E-state index is -3.63. The Balaban J connectivity index is 2.00. The molecule has 30 heavy (non-hydrogen) atoms. The molecule has 0 radical (unpaired) electrons. The first-order valence-corrected chi connectivity index (χ1v) is 11.7. The largest absolute Gasteiger partial charge is 0.491 e. The summed E-state index contributed by atoms with van der Waals surface area (Å²) in [6, 6.07) is 14.0. The van der Waals surface area contributed by atoms with E-state index in [0.717, 1.165) is 21.9 Å². The average molecular weight is 435 g/mol. The molecule has 0 saturated heterocycles. The van der Waals surface area contributed by atoms with Gasteiger partial charge < -0.3 is 14.8 Å². The van der Waals surface area contributed by atoms with E-state index in [9.17, 15) is 13.2 Å². The Morgan fingerprint density at radius 1 is 0.900 bits per heavy atom. The molecule has 2 aromatic carbocycles. The molecule has 7 nitrogen and oxygen atoms in total. The van der Waals surface area contributed by atoms with Gasteiger partial charge >= 0.3 is 0 Å². The standard InChI is InChI=1S/C22H30N2O5S/c1-16(2)28-20-10-6-18(7-11-20)14-23-22(25)15-24(30(5,26)27)19-8-12-21(13-9-19)29-17(3)4/h6-13,16-17H,14-15H2,1-5H3,(H,23,25). The molecule has 2 rings (SSSR count).